The molecule has 1 amide bonds. The lowest BCUT2D eigenvalue weighted by atomic mass is 10.2. The molecule has 3 aromatic rings. The number of rotatable bonds is 9. The first-order chi connectivity index (χ1) is 14.5. The molecule has 7 nitrogen and oxygen atoms in total. The number of methoxy groups -OCH3 is 1. The van der Waals surface area contributed by atoms with Gasteiger partial charge in [-0.05, 0) is 55.8 Å². The van der Waals surface area contributed by atoms with Gasteiger partial charge in [-0.2, -0.15) is 0 Å². The molecular weight excluding hydrogens is 424 g/mol. The van der Waals surface area contributed by atoms with E-state index in [0.717, 1.165) is 5.56 Å². The Balaban J connectivity index is 1.59. The second-order valence-corrected chi connectivity index (χ2v) is 7.81. The van der Waals surface area contributed by atoms with Gasteiger partial charge in [-0.15, -0.1) is 10.2 Å². The van der Waals surface area contributed by atoms with Crippen LogP contribution in [0.3, 0.4) is 0 Å². The average molecular weight is 447 g/mol. The highest BCUT2D eigenvalue weighted by molar-refractivity contribution is 7.99. The molecule has 9 heteroatoms. The van der Waals surface area contributed by atoms with E-state index in [0.29, 0.717) is 39.7 Å². The van der Waals surface area contributed by atoms with E-state index >= 15 is 0 Å². The minimum atomic E-state index is -0.145. The van der Waals surface area contributed by atoms with Crippen molar-refractivity contribution in [2.24, 2.45) is 0 Å². The minimum absolute atomic E-state index is 0.145. The maximum atomic E-state index is 12.4. The number of carbonyl (C=O) groups excluding carboxylic acids is 1. The number of thioether (sulfide) groups is 1. The first-order valence-corrected chi connectivity index (χ1v) is 10.7. The summed E-state index contributed by atoms with van der Waals surface area (Å²) in [4.78, 5) is 12.4. The van der Waals surface area contributed by atoms with E-state index in [2.05, 4.69) is 15.5 Å². The minimum Gasteiger partial charge on any atom is -0.495 e. The number of ether oxygens (including phenoxy) is 2. The molecule has 0 spiro atoms. The molecule has 1 aromatic heterocycles. The van der Waals surface area contributed by atoms with Crippen LogP contribution in [0.2, 0.25) is 5.02 Å². The van der Waals surface area contributed by atoms with E-state index in [1.165, 1.54) is 11.8 Å². The van der Waals surface area contributed by atoms with Crippen LogP contribution < -0.4 is 14.8 Å². The number of halogens is 1. The third-order valence-corrected chi connectivity index (χ3v) is 5.47. The monoisotopic (exact) mass is 446 g/mol. The lowest BCUT2D eigenvalue weighted by Gasteiger charge is -2.11. The molecule has 0 unspecified atom stereocenters. The van der Waals surface area contributed by atoms with Crippen LogP contribution in [-0.4, -0.2) is 33.5 Å². The molecule has 1 heterocycles. The van der Waals surface area contributed by atoms with Gasteiger partial charge in [-0.1, -0.05) is 29.4 Å². The van der Waals surface area contributed by atoms with Gasteiger partial charge >= 0.3 is 0 Å². The second-order valence-electron chi connectivity index (χ2n) is 6.43. The maximum absolute atomic E-state index is 12.4. The predicted molar refractivity (Wildman–Crippen MR) is 119 cm³/mol. The van der Waals surface area contributed by atoms with Gasteiger partial charge in [0.25, 0.3) is 0 Å². The van der Waals surface area contributed by atoms with Gasteiger partial charge in [0.1, 0.15) is 18.1 Å². The lowest BCUT2D eigenvalue weighted by molar-refractivity contribution is -0.113. The first-order valence-electron chi connectivity index (χ1n) is 9.38. The number of carbonyl (C=O) groups is 1. The molecular formula is C21H23ClN4O3S. The summed E-state index contributed by atoms with van der Waals surface area (Å²) in [5.74, 6) is 2.07. The van der Waals surface area contributed by atoms with E-state index in [1.807, 2.05) is 36.6 Å². The third kappa shape index (κ3) is 5.67. The fraction of sp³-hybridized carbons (Fsp3) is 0.286. The van der Waals surface area contributed by atoms with Crippen molar-refractivity contribution in [1.82, 2.24) is 14.8 Å². The van der Waals surface area contributed by atoms with Crippen molar-refractivity contribution in [1.29, 1.82) is 0 Å². The summed E-state index contributed by atoms with van der Waals surface area (Å²) in [7, 11) is 1.58. The Morgan fingerprint density at radius 3 is 2.67 bits per heavy atom. The number of nitrogens with zero attached hydrogens (tertiary/aromatic N) is 3. The molecule has 0 radical (unpaired) electrons. The van der Waals surface area contributed by atoms with Gasteiger partial charge in [0.15, 0.2) is 11.0 Å². The van der Waals surface area contributed by atoms with Gasteiger partial charge in [0.05, 0.1) is 18.6 Å². The van der Waals surface area contributed by atoms with Gasteiger partial charge < -0.3 is 19.4 Å². The summed E-state index contributed by atoms with van der Waals surface area (Å²) in [5.41, 5.74) is 1.69. The zero-order chi connectivity index (χ0) is 21.5. The Labute approximate surface area is 184 Å². The fourth-order valence-corrected chi connectivity index (χ4v) is 3.71. The highest BCUT2D eigenvalue weighted by Gasteiger charge is 2.15. The van der Waals surface area contributed by atoms with Crippen LogP contribution in [0.4, 0.5) is 5.69 Å². The Morgan fingerprint density at radius 2 is 1.97 bits per heavy atom. The Morgan fingerprint density at radius 1 is 1.20 bits per heavy atom. The van der Waals surface area contributed by atoms with Crippen molar-refractivity contribution in [2.45, 2.75) is 32.2 Å². The quantitative estimate of drug-likeness (QED) is 0.485. The van der Waals surface area contributed by atoms with Crippen molar-refractivity contribution in [2.75, 3.05) is 18.2 Å². The number of hydrogen-bond donors (Lipinski definition) is 1. The Hall–Kier alpha value is -2.71. The number of amides is 1. The highest BCUT2D eigenvalue weighted by atomic mass is 35.5. The fourth-order valence-electron chi connectivity index (χ4n) is 2.76. The van der Waals surface area contributed by atoms with E-state index in [4.69, 9.17) is 21.1 Å². The molecule has 0 atom stereocenters. The number of nitrogens with one attached hydrogen (secondary N) is 1. The summed E-state index contributed by atoms with van der Waals surface area (Å²) in [6.07, 6.45) is 0. The Kier molecular flexibility index (Phi) is 7.59. The van der Waals surface area contributed by atoms with E-state index < -0.39 is 0 Å². The number of benzene rings is 2. The lowest BCUT2D eigenvalue weighted by Crippen LogP contribution is -2.15. The number of hydrogen-bond acceptors (Lipinski definition) is 6. The topological polar surface area (TPSA) is 78.3 Å². The van der Waals surface area contributed by atoms with Crippen molar-refractivity contribution in [3.8, 4) is 11.5 Å². The predicted octanol–water partition coefficient (Wildman–Crippen LogP) is 4.58. The molecule has 2 aromatic carbocycles. The molecule has 30 heavy (non-hydrogen) atoms. The maximum Gasteiger partial charge on any atom is 0.234 e. The number of anilines is 1. The van der Waals surface area contributed by atoms with Crippen molar-refractivity contribution in [3.63, 3.8) is 0 Å². The largest absolute Gasteiger partial charge is 0.495 e. The molecule has 1 N–H and O–H groups in total. The van der Waals surface area contributed by atoms with Crippen LogP contribution in [-0.2, 0) is 17.9 Å². The average Bonchev–Trinajstić information content (AvgIpc) is 3.14. The summed E-state index contributed by atoms with van der Waals surface area (Å²) >= 11 is 7.22. The SMILES string of the molecule is CCn1c(COc2ccc(Cl)cc2)nnc1SCC(=O)Nc1cc(C)ccc1OC. The van der Waals surface area contributed by atoms with Gasteiger partial charge in [0.2, 0.25) is 5.91 Å². The first kappa shape index (κ1) is 22.0. The molecule has 0 saturated carbocycles. The molecule has 0 bridgehead atoms. The normalized spacial score (nSPS) is 10.7. The number of aromatic nitrogens is 3. The van der Waals surface area contributed by atoms with E-state index in [1.54, 1.807) is 31.4 Å². The molecule has 0 saturated heterocycles. The molecule has 158 valence electrons. The van der Waals surface area contributed by atoms with Gasteiger partial charge in [-0.3, -0.25) is 4.79 Å². The van der Waals surface area contributed by atoms with Crippen LogP contribution in [0.15, 0.2) is 47.6 Å². The zero-order valence-electron chi connectivity index (χ0n) is 17.0. The molecule has 0 aliphatic rings. The summed E-state index contributed by atoms with van der Waals surface area (Å²) < 4.78 is 13.0. The molecule has 0 aliphatic heterocycles. The highest BCUT2D eigenvalue weighted by Crippen LogP contribution is 2.26. The van der Waals surface area contributed by atoms with Gasteiger partial charge in [0, 0.05) is 11.6 Å². The standard InChI is InChI=1S/C21H23ClN4O3S/c1-4-26-19(12-29-16-8-6-15(22)7-9-16)24-25-21(26)30-13-20(27)23-17-11-14(2)5-10-18(17)28-3/h5-11H,4,12-13H2,1-3H3,(H,23,27). The van der Waals surface area contributed by atoms with Crippen molar-refractivity contribution < 1.29 is 14.3 Å². The number of aryl methyl sites for hydroxylation is 1. The summed E-state index contributed by atoms with van der Waals surface area (Å²) in [6, 6.07) is 12.8. The van der Waals surface area contributed by atoms with Crippen molar-refractivity contribution >= 4 is 35.0 Å². The van der Waals surface area contributed by atoms with Crippen LogP contribution in [0.1, 0.15) is 18.3 Å². The van der Waals surface area contributed by atoms with Gasteiger partial charge in [-0.25, -0.2) is 0 Å². The van der Waals surface area contributed by atoms with Crippen LogP contribution >= 0.6 is 23.4 Å². The Bertz CT molecular complexity index is 1010. The summed E-state index contributed by atoms with van der Waals surface area (Å²) in [5, 5.41) is 12.6. The van der Waals surface area contributed by atoms with Crippen LogP contribution in [0.25, 0.3) is 0 Å². The van der Waals surface area contributed by atoms with Crippen molar-refractivity contribution in [3.05, 3.63) is 58.9 Å². The summed E-state index contributed by atoms with van der Waals surface area (Å²) in [6.45, 7) is 4.90. The second kappa shape index (κ2) is 10.4. The third-order valence-electron chi connectivity index (χ3n) is 4.25. The van der Waals surface area contributed by atoms with E-state index in [9.17, 15) is 4.79 Å². The van der Waals surface area contributed by atoms with Crippen LogP contribution in [0.5, 0.6) is 11.5 Å². The molecule has 0 fully saturated rings. The zero-order valence-corrected chi connectivity index (χ0v) is 18.6. The van der Waals surface area contributed by atoms with Crippen LogP contribution in [0, 0.1) is 6.92 Å². The smallest absolute Gasteiger partial charge is 0.234 e. The molecule has 0 aliphatic carbocycles. The molecule has 3 rings (SSSR count). The van der Waals surface area contributed by atoms with E-state index in [-0.39, 0.29) is 18.3 Å².